The van der Waals surface area contributed by atoms with E-state index in [1.54, 1.807) is 33.8 Å². The first-order valence-electron chi connectivity index (χ1n) is 9.77. The van der Waals surface area contributed by atoms with Gasteiger partial charge in [0.25, 0.3) is 5.56 Å². The van der Waals surface area contributed by atoms with Crippen LogP contribution in [0.1, 0.15) is 24.1 Å². The van der Waals surface area contributed by atoms with Crippen LogP contribution < -0.4 is 15.0 Å². The maximum atomic E-state index is 12.9. The van der Waals surface area contributed by atoms with Crippen molar-refractivity contribution in [3.05, 3.63) is 70.1 Å². The molecular weight excluding hydrogens is 382 g/mol. The maximum Gasteiger partial charge on any atom is 0.314 e. The Morgan fingerprint density at radius 2 is 1.87 bits per heavy atom. The number of methoxy groups -OCH3 is 1. The lowest BCUT2D eigenvalue weighted by Gasteiger charge is -2.09. The molecule has 1 aromatic heterocycles. The van der Waals surface area contributed by atoms with E-state index < -0.39 is 0 Å². The topological polar surface area (TPSA) is 74.8 Å². The quantitative estimate of drug-likeness (QED) is 0.357. The lowest BCUT2D eigenvalue weighted by molar-refractivity contribution is -0.135. The molecule has 0 spiro atoms. The normalized spacial score (nSPS) is 13.6. The number of aliphatic imine (C=N–C) groups is 1. The molecule has 154 valence electrons. The van der Waals surface area contributed by atoms with Crippen molar-refractivity contribution in [2.45, 2.75) is 19.8 Å². The van der Waals surface area contributed by atoms with Crippen LogP contribution in [-0.4, -0.2) is 28.7 Å². The number of rotatable bonds is 6. The highest BCUT2D eigenvalue weighted by molar-refractivity contribution is 5.84. The molecule has 1 saturated carbocycles. The van der Waals surface area contributed by atoms with Gasteiger partial charge in [-0.2, -0.15) is 0 Å². The number of nitrogens with zero attached hydrogens (tertiary/aromatic N) is 3. The van der Waals surface area contributed by atoms with E-state index in [0.29, 0.717) is 17.2 Å². The molecule has 7 nitrogen and oxygen atoms in total. The first-order valence-corrected chi connectivity index (χ1v) is 9.77. The Morgan fingerprint density at radius 3 is 2.53 bits per heavy atom. The maximum absolute atomic E-state index is 12.9. The van der Waals surface area contributed by atoms with Crippen LogP contribution in [0.5, 0.6) is 11.5 Å². The molecule has 0 radical (unpaired) electrons. The minimum Gasteiger partial charge on any atom is -0.493 e. The van der Waals surface area contributed by atoms with Crippen molar-refractivity contribution in [3.8, 4) is 17.2 Å². The molecule has 7 heteroatoms. The lowest BCUT2D eigenvalue weighted by atomic mass is 10.2. The van der Waals surface area contributed by atoms with Crippen molar-refractivity contribution in [3.63, 3.8) is 0 Å². The SMILES string of the molecule is COc1cc(C=Nc2c(C)n(C)n(-c3ccccc3)c2=O)ccc1OC(=O)C1CC1. The molecule has 30 heavy (non-hydrogen) atoms. The second-order valence-corrected chi connectivity index (χ2v) is 7.27. The van der Waals surface area contributed by atoms with Crippen LogP contribution in [0.4, 0.5) is 5.69 Å². The van der Waals surface area contributed by atoms with Crippen molar-refractivity contribution < 1.29 is 14.3 Å². The third-order valence-electron chi connectivity index (χ3n) is 5.18. The Morgan fingerprint density at radius 1 is 1.13 bits per heavy atom. The van der Waals surface area contributed by atoms with E-state index in [9.17, 15) is 9.59 Å². The highest BCUT2D eigenvalue weighted by Crippen LogP contribution is 2.34. The summed E-state index contributed by atoms with van der Waals surface area (Å²) in [5.41, 5.74) is 2.43. The number of esters is 1. The minimum atomic E-state index is -0.226. The Bertz CT molecular complexity index is 1170. The summed E-state index contributed by atoms with van der Waals surface area (Å²) >= 11 is 0. The van der Waals surface area contributed by atoms with Crippen molar-refractivity contribution in [1.82, 2.24) is 9.36 Å². The van der Waals surface area contributed by atoms with Gasteiger partial charge in [-0.1, -0.05) is 18.2 Å². The predicted molar refractivity (Wildman–Crippen MR) is 114 cm³/mol. The van der Waals surface area contributed by atoms with Crippen LogP contribution in [0, 0.1) is 12.8 Å². The summed E-state index contributed by atoms with van der Waals surface area (Å²) < 4.78 is 14.1. The number of hydrogen-bond acceptors (Lipinski definition) is 5. The van der Waals surface area contributed by atoms with Crippen LogP contribution in [0.25, 0.3) is 5.69 Å². The molecule has 0 aliphatic heterocycles. The summed E-state index contributed by atoms with van der Waals surface area (Å²) in [6.45, 7) is 1.86. The van der Waals surface area contributed by atoms with Crippen LogP contribution in [0.15, 0.2) is 58.3 Å². The van der Waals surface area contributed by atoms with Gasteiger partial charge >= 0.3 is 5.97 Å². The largest absolute Gasteiger partial charge is 0.493 e. The predicted octanol–water partition coefficient (Wildman–Crippen LogP) is 3.56. The summed E-state index contributed by atoms with van der Waals surface area (Å²) in [7, 11) is 3.35. The first-order chi connectivity index (χ1) is 14.5. The van der Waals surface area contributed by atoms with Gasteiger partial charge in [0, 0.05) is 13.3 Å². The number of aromatic nitrogens is 2. The number of carbonyl (C=O) groups is 1. The van der Waals surface area contributed by atoms with Gasteiger partial charge in [0.2, 0.25) is 0 Å². The number of ether oxygens (including phenoxy) is 2. The van der Waals surface area contributed by atoms with Crippen molar-refractivity contribution in [2.24, 2.45) is 18.0 Å². The minimum absolute atomic E-state index is 0.00351. The highest BCUT2D eigenvalue weighted by atomic mass is 16.6. The zero-order chi connectivity index (χ0) is 21.3. The van der Waals surface area contributed by atoms with Crippen LogP contribution in [0.3, 0.4) is 0 Å². The number of para-hydroxylation sites is 1. The van der Waals surface area contributed by atoms with Gasteiger partial charge in [0.1, 0.15) is 0 Å². The Kier molecular flexibility index (Phi) is 5.27. The van der Waals surface area contributed by atoms with E-state index in [2.05, 4.69) is 4.99 Å². The van der Waals surface area contributed by atoms with Gasteiger partial charge < -0.3 is 9.47 Å². The van der Waals surface area contributed by atoms with Crippen molar-refractivity contribution >= 4 is 17.9 Å². The van der Waals surface area contributed by atoms with E-state index in [1.165, 1.54) is 7.11 Å². The summed E-state index contributed by atoms with van der Waals surface area (Å²) in [6.07, 6.45) is 3.36. The number of benzene rings is 2. The first kappa shape index (κ1) is 19.7. The molecule has 0 atom stereocenters. The van der Waals surface area contributed by atoms with E-state index in [0.717, 1.165) is 29.8 Å². The second-order valence-electron chi connectivity index (χ2n) is 7.27. The molecular formula is C23H23N3O4. The van der Waals surface area contributed by atoms with Crippen LogP contribution in [-0.2, 0) is 11.8 Å². The lowest BCUT2D eigenvalue weighted by Crippen LogP contribution is -2.19. The van der Waals surface area contributed by atoms with Crippen molar-refractivity contribution in [2.75, 3.05) is 7.11 Å². The second kappa shape index (κ2) is 8.02. The Balaban J connectivity index is 1.62. The molecule has 0 bridgehead atoms. The fourth-order valence-corrected chi connectivity index (χ4v) is 3.20. The molecule has 1 fully saturated rings. The summed E-state index contributed by atoms with van der Waals surface area (Å²) in [5.74, 6) is 0.605. The van der Waals surface area contributed by atoms with Gasteiger partial charge in [0.15, 0.2) is 17.2 Å². The van der Waals surface area contributed by atoms with Gasteiger partial charge in [-0.15, -0.1) is 0 Å². The van der Waals surface area contributed by atoms with Gasteiger partial charge in [0.05, 0.1) is 24.4 Å². The van der Waals surface area contributed by atoms with E-state index in [4.69, 9.17) is 9.47 Å². The third kappa shape index (κ3) is 3.78. The molecule has 0 unspecified atom stereocenters. The Hall–Kier alpha value is -3.61. The van der Waals surface area contributed by atoms with Crippen molar-refractivity contribution in [1.29, 1.82) is 0 Å². The zero-order valence-corrected chi connectivity index (χ0v) is 17.2. The molecule has 3 aromatic rings. The molecule has 2 aromatic carbocycles. The highest BCUT2D eigenvalue weighted by Gasteiger charge is 2.32. The fourth-order valence-electron chi connectivity index (χ4n) is 3.20. The van der Waals surface area contributed by atoms with E-state index in [1.807, 2.05) is 44.3 Å². The monoisotopic (exact) mass is 405 g/mol. The average Bonchev–Trinajstić information content (AvgIpc) is 3.58. The van der Waals surface area contributed by atoms with E-state index >= 15 is 0 Å². The summed E-state index contributed by atoms with van der Waals surface area (Å²) in [4.78, 5) is 29.3. The molecule has 1 heterocycles. The zero-order valence-electron chi connectivity index (χ0n) is 17.2. The molecule has 0 N–H and O–H groups in total. The molecule has 1 aliphatic rings. The summed E-state index contributed by atoms with van der Waals surface area (Å²) in [5, 5.41) is 0. The fraction of sp³-hybridized carbons (Fsp3) is 0.261. The van der Waals surface area contributed by atoms with Crippen LogP contribution >= 0.6 is 0 Å². The third-order valence-corrected chi connectivity index (χ3v) is 5.18. The average molecular weight is 405 g/mol. The number of carbonyl (C=O) groups excluding carboxylic acids is 1. The van der Waals surface area contributed by atoms with Gasteiger partial charge in [-0.3, -0.25) is 14.3 Å². The summed E-state index contributed by atoms with van der Waals surface area (Å²) in [6, 6.07) is 14.6. The Labute approximate surface area is 174 Å². The smallest absolute Gasteiger partial charge is 0.314 e. The molecule has 1 aliphatic carbocycles. The van der Waals surface area contributed by atoms with Crippen LogP contribution in [0.2, 0.25) is 0 Å². The molecule has 0 saturated heterocycles. The molecule has 4 rings (SSSR count). The van der Waals surface area contributed by atoms with E-state index in [-0.39, 0.29) is 17.4 Å². The standard InChI is InChI=1S/C23H23N3O4/c1-15-21(22(27)26(25(15)2)18-7-5-4-6-8-18)24-14-16-9-12-19(20(13-16)29-3)30-23(28)17-10-11-17/h4-9,12-14,17H,10-11H2,1-3H3. The van der Waals surface area contributed by atoms with Gasteiger partial charge in [-0.25, -0.2) is 9.67 Å². The van der Waals surface area contributed by atoms with Gasteiger partial charge in [-0.05, 0) is 55.7 Å². The molecule has 0 amide bonds. The number of hydrogen-bond donors (Lipinski definition) is 0.